The molecule has 3 unspecified atom stereocenters. The number of aliphatic hydroxyl groups excluding tert-OH is 3. The number of aliphatic hydroxyl groups is 3. The number of carbonyl (C=O) groups is 4. The fourth-order valence-electron chi connectivity index (χ4n) is 12.3. The van der Waals surface area contributed by atoms with Crippen molar-refractivity contribution in [1.82, 2.24) is 10.2 Å². The lowest BCUT2D eigenvalue weighted by molar-refractivity contribution is -0.207. The van der Waals surface area contributed by atoms with E-state index in [0.717, 1.165) is 37.7 Å². The Bertz CT molecular complexity index is 1700. The molecule has 15 heteroatoms. The molecule has 0 aromatic rings. The molecule has 6 aliphatic rings. The highest BCUT2D eigenvalue weighted by Crippen LogP contribution is 2.68. The Morgan fingerprint density at radius 1 is 1.10 bits per heavy atom. The normalized spacial score (nSPS) is 37.4. The predicted octanol–water partition coefficient (Wildman–Crippen LogP) is 4.90. The van der Waals surface area contributed by atoms with Gasteiger partial charge in [-0.15, -0.1) is 24.1 Å². The van der Waals surface area contributed by atoms with Gasteiger partial charge in [-0.2, -0.15) is 0 Å². The highest BCUT2D eigenvalue weighted by Gasteiger charge is 2.65. The zero-order chi connectivity index (χ0) is 41.9. The van der Waals surface area contributed by atoms with Gasteiger partial charge in [-0.3, -0.25) is 24.1 Å². The molecule has 1 saturated heterocycles. The van der Waals surface area contributed by atoms with E-state index in [-0.39, 0.29) is 122 Å². The average Bonchev–Trinajstić information content (AvgIpc) is 3.54. The Morgan fingerprint density at radius 2 is 1.88 bits per heavy atom. The van der Waals surface area contributed by atoms with Crippen LogP contribution in [0.1, 0.15) is 105 Å². The van der Waals surface area contributed by atoms with Crippen molar-refractivity contribution in [3.8, 4) is 12.3 Å². The maximum absolute atomic E-state index is 13.7. The van der Waals surface area contributed by atoms with Gasteiger partial charge in [0, 0.05) is 42.9 Å². The van der Waals surface area contributed by atoms with Crippen LogP contribution in [0.5, 0.6) is 0 Å². The van der Waals surface area contributed by atoms with Gasteiger partial charge < -0.3 is 30.1 Å². The van der Waals surface area contributed by atoms with Crippen LogP contribution in [0.3, 0.4) is 0 Å². The number of Topliss-reactive ketones (excluding diaryl/α,β-unsaturated/α-hetero) is 1. The highest BCUT2D eigenvalue weighted by molar-refractivity contribution is 8.00. The maximum atomic E-state index is 13.7. The molecule has 5 fully saturated rings. The number of carbonyl (C=O) groups excluding carboxylic acids is 4. The second kappa shape index (κ2) is 18.7. The third-order valence-corrected chi connectivity index (χ3v) is 16.7. The maximum Gasteiger partial charge on any atom is 0.306 e. The number of esters is 1. The van der Waals surface area contributed by atoms with E-state index < -0.39 is 35.5 Å². The lowest BCUT2D eigenvalue weighted by Crippen LogP contribution is -2.70. The number of amides is 2. The quantitative estimate of drug-likeness (QED) is 0.0297. The standard InChI is InChI=1S/C43H63N5O9S/c1-6-7-26(19-36(54)57-17-16-56-15-14-45-47-44)18-33(51)39-25(3)23-58-41-38(40(55)48(39)41)46-35(53)11-8-24(2)29-9-10-30-37-31(22-34(52)43(29,30)5)42(4)13-12-28(49)20-27(42)21-32(37)50/h1,24,26-32,34,37-38,41,49-50,52H,7-23H2,2-5H3,(H,46,53)/t24-,26?,27+,28-,29-,30+,31+,32-,34+,37+,38?,41?,42+,43-/m1/s1. The van der Waals surface area contributed by atoms with Crippen LogP contribution in [-0.2, 0) is 28.7 Å². The van der Waals surface area contributed by atoms with Crippen molar-refractivity contribution in [1.29, 1.82) is 0 Å². The number of nitrogens with zero attached hydrogens (tertiary/aromatic N) is 4. The summed E-state index contributed by atoms with van der Waals surface area (Å²) in [6, 6.07) is -0.751. The Hall–Kier alpha value is -3.12. The lowest BCUT2D eigenvalue weighted by Gasteiger charge is -2.63. The summed E-state index contributed by atoms with van der Waals surface area (Å²) in [5.74, 6) is 2.36. The topological polar surface area (TPSA) is 211 Å². The molecular weight excluding hydrogens is 763 g/mol. The van der Waals surface area contributed by atoms with Crippen LogP contribution < -0.4 is 5.32 Å². The zero-order valence-corrected chi connectivity index (χ0v) is 35.3. The molecule has 14 atom stereocenters. The van der Waals surface area contributed by atoms with E-state index in [9.17, 15) is 34.5 Å². The number of ether oxygens (including phenoxy) is 2. The van der Waals surface area contributed by atoms with Crippen LogP contribution in [0.2, 0.25) is 0 Å². The van der Waals surface area contributed by atoms with Gasteiger partial charge in [-0.1, -0.05) is 25.9 Å². The van der Waals surface area contributed by atoms with Gasteiger partial charge >= 0.3 is 5.97 Å². The third kappa shape index (κ3) is 8.70. The monoisotopic (exact) mass is 825 g/mol. The van der Waals surface area contributed by atoms with Gasteiger partial charge in [0.05, 0.1) is 37.2 Å². The SMILES string of the molecule is C#CCC(CC(=O)OCCOCCN=[N+]=[N-])CC(=O)C1=C(C)CSC2C(NC(=O)CC[C@@H](C)[C@H]3CC[C@H]4[C@@H]5[C@H](O)C[C@@H]6C[C@H](O)CC[C@]6(C)[C@H]5C[C@H](O)[C@]34C)C(=O)N12. The molecule has 2 aliphatic heterocycles. The molecule has 320 valence electrons. The molecule has 2 amide bonds. The summed E-state index contributed by atoms with van der Waals surface area (Å²) in [7, 11) is 0. The van der Waals surface area contributed by atoms with Crippen LogP contribution in [0.4, 0.5) is 0 Å². The smallest absolute Gasteiger partial charge is 0.306 e. The van der Waals surface area contributed by atoms with E-state index in [0.29, 0.717) is 30.7 Å². The van der Waals surface area contributed by atoms with Crippen molar-refractivity contribution >= 4 is 35.3 Å². The molecule has 4 aliphatic carbocycles. The van der Waals surface area contributed by atoms with Crippen LogP contribution >= 0.6 is 11.8 Å². The summed E-state index contributed by atoms with van der Waals surface area (Å²) in [5.41, 5.74) is 9.02. The van der Waals surface area contributed by atoms with Crippen molar-refractivity contribution in [3.05, 3.63) is 21.7 Å². The number of ketones is 1. The number of allylic oxidation sites excluding steroid dienone is 1. The van der Waals surface area contributed by atoms with E-state index in [1.165, 1.54) is 16.7 Å². The van der Waals surface area contributed by atoms with Gasteiger partial charge in [0.2, 0.25) is 5.91 Å². The Labute approximate surface area is 346 Å². The number of thioether (sulfide) groups is 1. The van der Waals surface area contributed by atoms with E-state index in [2.05, 4.69) is 42.0 Å². The Morgan fingerprint density at radius 3 is 2.62 bits per heavy atom. The van der Waals surface area contributed by atoms with Crippen LogP contribution in [-0.4, -0.2) is 106 Å². The van der Waals surface area contributed by atoms with Crippen molar-refractivity contribution in [2.24, 2.45) is 57.4 Å². The first-order chi connectivity index (χ1) is 27.6. The molecule has 2 heterocycles. The zero-order valence-electron chi connectivity index (χ0n) is 34.5. The van der Waals surface area contributed by atoms with E-state index >= 15 is 0 Å². The minimum Gasteiger partial charge on any atom is -0.463 e. The van der Waals surface area contributed by atoms with E-state index in [1.54, 1.807) is 0 Å². The summed E-state index contributed by atoms with van der Waals surface area (Å²) in [6.07, 6.45) is 10.9. The summed E-state index contributed by atoms with van der Waals surface area (Å²) in [4.78, 5) is 57.3. The van der Waals surface area contributed by atoms with Gasteiger partial charge in [-0.05, 0) is 122 Å². The van der Waals surface area contributed by atoms with E-state index in [4.69, 9.17) is 21.4 Å². The number of hydrogen-bond donors (Lipinski definition) is 4. The Kier molecular flexibility index (Phi) is 14.3. The van der Waals surface area contributed by atoms with Gasteiger partial charge in [-0.25, -0.2) is 0 Å². The Balaban J connectivity index is 0.995. The number of fused-ring (bicyclic) bond motifs is 6. The average molecular weight is 826 g/mol. The molecule has 0 aromatic carbocycles. The van der Waals surface area contributed by atoms with Crippen LogP contribution in [0, 0.1) is 64.6 Å². The number of azide groups is 1. The fraction of sp³-hybridized carbons (Fsp3) is 0.814. The fourth-order valence-corrected chi connectivity index (χ4v) is 13.6. The molecule has 0 radical (unpaired) electrons. The third-order valence-electron chi connectivity index (χ3n) is 15.3. The minimum atomic E-state index is -0.751. The van der Waals surface area contributed by atoms with Gasteiger partial charge in [0.15, 0.2) is 5.78 Å². The largest absolute Gasteiger partial charge is 0.463 e. The minimum absolute atomic E-state index is 0.00605. The van der Waals surface area contributed by atoms with E-state index in [1.807, 2.05) is 6.92 Å². The van der Waals surface area contributed by atoms with Crippen LogP contribution in [0.15, 0.2) is 16.4 Å². The molecule has 0 bridgehead atoms. The first kappa shape index (κ1) is 44.4. The summed E-state index contributed by atoms with van der Waals surface area (Å²) in [5, 5.41) is 39.9. The number of hydrogen-bond acceptors (Lipinski definition) is 11. The summed E-state index contributed by atoms with van der Waals surface area (Å²) in [6.45, 7) is 9.05. The molecule has 14 nitrogen and oxygen atoms in total. The molecule has 4 saturated carbocycles. The van der Waals surface area contributed by atoms with Crippen LogP contribution in [0.25, 0.3) is 10.4 Å². The number of terminal acetylenes is 1. The van der Waals surface area contributed by atoms with Crippen molar-refractivity contribution in [2.45, 2.75) is 134 Å². The second-order valence-corrected chi connectivity index (χ2v) is 19.6. The van der Waals surface area contributed by atoms with Gasteiger partial charge in [0.1, 0.15) is 18.0 Å². The molecular formula is C43H63N5O9S. The van der Waals surface area contributed by atoms with Crippen molar-refractivity contribution in [2.75, 3.05) is 32.1 Å². The first-order valence-electron chi connectivity index (χ1n) is 21.3. The number of rotatable bonds is 17. The molecule has 4 N–H and O–H groups in total. The lowest BCUT2D eigenvalue weighted by atomic mass is 9.43. The number of nitrogens with one attached hydrogen (secondary N) is 1. The molecule has 6 rings (SSSR count). The number of β-lactam (4-membered cyclic amide) rings is 1. The van der Waals surface area contributed by atoms with Crippen molar-refractivity contribution in [3.63, 3.8) is 0 Å². The first-order valence-corrected chi connectivity index (χ1v) is 22.4. The summed E-state index contributed by atoms with van der Waals surface area (Å²) >= 11 is 1.50. The molecule has 0 aromatic heterocycles. The molecule has 0 spiro atoms. The molecule has 58 heavy (non-hydrogen) atoms. The second-order valence-electron chi connectivity index (χ2n) is 18.5. The predicted molar refractivity (Wildman–Crippen MR) is 217 cm³/mol. The highest BCUT2D eigenvalue weighted by atomic mass is 32.2. The van der Waals surface area contributed by atoms with Gasteiger partial charge in [0.25, 0.3) is 5.91 Å². The van der Waals surface area contributed by atoms with Crippen molar-refractivity contribution < 1.29 is 44.0 Å². The summed E-state index contributed by atoms with van der Waals surface area (Å²) < 4.78 is 10.5.